The van der Waals surface area contributed by atoms with Gasteiger partial charge in [-0.2, -0.15) is 0 Å². The molecule has 6 aliphatic heterocycles. The molecule has 0 saturated carbocycles. The van der Waals surface area contributed by atoms with E-state index in [1.165, 1.54) is 19.6 Å². The number of anilines is 6. The Morgan fingerprint density at radius 2 is 0.580 bits per heavy atom. The second-order valence-electron chi connectivity index (χ2n) is 18.3. The normalized spacial score (nSPS) is 15.3. The third-order valence-electron chi connectivity index (χ3n) is 14.8. The average molecular weight is 903 g/mol. The summed E-state index contributed by atoms with van der Waals surface area (Å²) in [6.07, 6.45) is 0. The molecule has 0 atom stereocenters. The SMILES string of the molecule is c1ccc2c(c1)Oc1cccc3c1B2c1cc(N2c4ccccc4S4(c5ccccc52)c2ccccc2N(c2ccc5c(c2)B2c6ccccc6Oc6cccc(c62)O5)c2ccccc24)ccc1O3. The summed E-state index contributed by atoms with van der Waals surface area (Å²) in [5, 5.41) is 0. The third-order valence-corrected chi connectivity index (χ3v) is 18.9. The molecule has 0 radical (unpaired) electrons. The Hall–Kier alpha value is -8.52. The Kier molecular flexibility index (Phi) is 7.50. The molecule has 322 valence electrons. The maximum atomic E-state index is 6.71. The van der Waals surface area contributed by atoms with Gasteiger partial charge in [0.2, 0.25) is 0 Å². The van der Waals surface area contributed by atoms with Crippen molar-refractivity contribution in [3.63, 3.8) is 0 Å². The number of nitrogens with zero attached hydrogens (tertiary/aromatic N) is 2. The Balaban J connectivity index is 0.890. The van der Waals surface area contributed by atoms with Crippen LogP contribution in [0.2, 0.25) is 0 Å². The van der Waals surface area contributed by atoms with Gasteiger partial charge in [0.05, 0.1) is 22.7 Å². The number of para-hydroxylation sites is 6. The Morgan fingerprint density at radius 3 is 0.957 bits per heavy atom. The molecule has 9 heteroatoms. The van der Waals surface area contributed by atoms with E-state index in [0.29, 0.717) is 0 Å². The van der Waals surface area contributed by atoms with Gasteiger partial charge < -0.3 is 28.7 Å². The zero-order valence-electron chi connectivity index (χ0n) is 36.9. The Labute approximate surface area is 401 Å². The van der Waals surface area contributed by atoms with Crippen molar-refractivity contribution in [3.05, 3.63) is 218 Å². The summed E-state index contributed by atoms with van der Waals surface area (Å²) in [7, 11) is -2.10. The highest BCUT2D eigenvalue weighted by Crippen LogP contribution is 2.84. The Bertz CT molecular complexity index is 3520. The third kappa shape index (κ3) is 4.94. The van der Waals surface area contributed by atoms with Crippen LogP contribution in [0.5, 0.6) is 46.0 Å². The minimum atomic E-state index is -2.10. The molecule has 6 heterocycles. The van der Waals surface area contributed by atoms with E-state index in [1.807, 2.05) is 24.3 Å². The first kappa shape index (κ1) is 37.6. The van der Waals surface area contributed by atoms with E-state index < -0.39 is 10.0 Å². The number of rotatable bonds is 2. The fourth-order valence-electron chi connectivity index (χ4n) is 12.1. The molecule has 0 bridgehead atoms. The van der Waals surface area contributed by atoms with Crippen molar-refractivity contribution in [1.82, 2.24) is 0 Å². The number of hydrogen-bond donors (Lipinski definition) is 0. The summed E-state index contributed by atoms with van der Waals surface area (Å²) in [6, 6.07) is 78.9. The van der Waals surface area contributed by atoms with Crippen LogP contribution >= 0.6 is 10.0 Å². The molecule has 6 aliphatic rings. The molecule has 0 aliphatic carbocycles. The molecule has 0 unspecified atom stereocenters. The molecule has 0 fully saturated rings. The summed E-state index contributed by atoms with van der Waals surface area (Å²) < 4.78 is 26.4. The number of benzene rings is 10. The highest BCUT2D eigenvalue weighted by molar-refractivity contribution is 8.34. The van der Waals surface area contributed by atoms with Gasteiger partial charge in [0.15, 0.2) is 0 Å². The predicted molar refractivity (Wildman–Crippen MR) is 278 cm³/mol. The van der Waals surface area contributed by atoms with Gasteiger partial charge in [-0.3, -0.25) is 0 Å². The lowest BCUT2D eigenvalue weighted by Crippen LogP contribution is -2.57. The maximum Gasteiger partial charge on any atom is 0.260 e. The van der Waals surface area contributed by atoms with Crippen LogP contribution in [0, 0.1) is 0 Å². The topological polar surface area (TPSA) is 43.4 Å². The lowest BCUT2D eigenvalue weighted by Gasteiger charge is -2.54. The molecular formula is C60H36B2N2O4S. The van der Waals surface area contributed by atoms with Crippen molar-refractivity contribution in [3.8, 4) is 46.0 Å². The predicted octanol–water partition coefficient (Wildman–Crippen LogP) is 12.0. The lowest BCUT2D eigenvalue weighted by molar-refractivity contribution is 0.464. The zero-order valence-corrected chi connectivity index (χ0v) is 37.7. The van der Waals surface area contributed by atoms with Crippen LogP contribution in [0.3, 0.4) is 0 Å². The van der Waals surface area contributed by atoms with Gasteiger partial charge in [0.25, 0.3) is 13.4 Å². The van der Waals surface area contributed by atoms with E-state index >= 15 is 0 Å². The molecule has 6 nitrogen and oxygen atoms in total. The van der Waals surface area contributed by atoms with Crippen molar-refractivity contribution in [2.45, 2.75) is 19.6 Å². The molecular weight excluding hydrogens is 866 g/mol. The molecule has 69 heavy (non-hydrogen) atoms. The molecule has 10 aromatic rings. The first-order valence-corrected chi connectivity index (χ1v) is 25.1. The monoisotopic (exact) mass is 902 g/mol. The van der Waals surface area contributed by atoms with E-state index in [1.54, 1.807) is 0 Å². The van der Waals surface area contributed by atoms with Crippen molar-refractivity contribution >= 4 is 90.4 Å². The molecule has 1 spiro atoms. The largest absolute Gasteiger partial charge is 0.458 e. The summed E-state index contributed by atoms with van der Waals surface area (Å²) >= 11 is 0. The van der Waals surface area contributed by atoms with Crippen molar-refractivity contribution < 1.29 is 18.9 Å². The average Bonchev–Trinajstić information content (AvgIpc) is 3.40. The Morgan fingerprint density at radius 1 is 0.275 bits per heavy atom. The molecule has 0 aromatic heterocycles. The first-order chi connectivity index (χ1) is 34.2. The van der Waals surface area contributed by atoms with Crippen molar-refractivity contribution in [2.24, 2.45) is 0 Å². The van der Waals surface area contributed by atoms with Gasteiger partial charge in [-0.25, -0.2) is 0 Å². The number of hydrogen-bond acceptors (Lipinski definition) is 6. The smallest absolute Gasteiger partial charge is 0.260 e. The van der Waals surface area contributed by atoms with Crippen LogP contribution in [0.15, 0.2) is 238 Å². The fourth-order valence-corrected chi connectivity index (χ4v) is 16.6. The van der Waals surface area contributed by atoms with Crippen LogP contribution in [0.4, 0.5) is 34.1 Å². The summed E-state index contributed by atoms with van der Waals surface area (Å²) in [5.74, 6) is 6.84. The van der Waals surface area contributed by atoms with Crippen LogP contribution < -0.4 is 61.5 Å². The van der Waals surface area contributed by atoms with Gasteiger partial charge in [0, 0.05) is 41.9 Å². The summed E-state index contributed by atoms with van der Waals surface area (Å²) in [5.41, 5.74) is 13.5. The van der Waals surface area contributed by atoms with Crippen LogP contribution in [0.25, 0.3) is 0 Å². The van der Waals surface area contributed by atoms with Gasteiger partial charge in [-0.1, -0.05) is 97.1 Å². The second-order valence-corrected chi connectivity index (χ2v) is 21.3. The second kappa shape index (κ2) is 13.8. The van der Waals surface area contributed by atoms with E-state index in [9.17, 15) is 0 Å². The maximum absolute atomic E-state index is 6.71. The summed E-state index contributed by atoms with van der Waals surface area (Å²) in [4.78, 5) is 10.1. The van der Waals surface area contributed by atoms with Crippen molar-refractivity contribution in [2.75, 3.05) is 9.80 Å². The van der Waals surface area contributed by atoms with Gasteiger partial charge in [-0.15, -0.1) is 10.0 Å². The van der Waals surface area contributed by atoms with Crippen LogP contribution in [-0.4, -0.2) is 13.4 Å². The molecule has 0 amide bonds. The van der Waals surface area contributed by atoms with Crippen LogP contribution in [0.1, 0.15) is 0 Å². The fraction of sp³-hybridized carbons (Fsp3) is 0. The van der Waals surface area contributed by atoms with E-state index in [2.05, 4.69) is 204 Å². The summed E-state index contributed by atoms with van der Waals surface area (Å²) in [6.45, 7) is -0.0957. The van der Waals surface area contributed by atoms with Gasteiger partial charge >= 0.3 is 0 Å². The van der Waals surface area contributed by atoms with Crippen molar-refractivity contribution in [1.29, 1.82) is 0 Å². The standard InChI is InChI=1S/C60H36B2N2O4S/c1-7-21-47-39(15-1)61-41-35-37(31-33-49(41)67-53-25-13-23-51(65-47)59(53)61)63-43-17-3-9-27-55(43)69(56-28-10-4-18-44(56)63)57-29-11-5-19-45(57)64(46-20-6-12-30-58(46)69)38-32-34-50-42(36-38)62-40-16-2-8-22-48(40)66-52-24-14-26-54(68-50)60(52)62/h1-36H. The lowest BCUT2D eigenvalue weighted by atomic mass is 9.35. The minimum Gasteiger partial charge on any atom is -0.458 e. The number of fused-ring (bicyclic) bond motifs is 16. The molecule has 10 aromatic carbocycles. The molecule has 0 N–H and O–H groups in total. The minimum absolute atomic E-state index is 0.0479. The number of ether oxygens (including phenoxy) is 4. The van der Waals surface area contributed by atoms with Gasteiger partial charge in [-0.05, 0) is 143 Å². The highest BCUT2D eigenvalue weighted by atomic mass is 32.3. The van der Waals surface area contributed by atoms with E-state index in [0.717, 1.165) is 113 Å². The van der Waals surface area contributed by atoms with Gasteiger partial charge in [0.1, 0.15) is 46.0 Å². The van der Waals surface area contributed by atoms with E-state index in [4.69, 9.17) is 18.9 Å². The van der Waals surface area contributed by atoms with E-state index in [-0.39, 0.29) is 13.4 Å². The zero-order chi connectivity index (χ0) is 45.0. The van der Waals surface area contributed by atoms with Crippen LogP contribution in [-0.2, 0) is 0 Å². The quantitative estimate of drug-likeness (QED) is 0.161. The molecule has 16 rings (SSSR count). The highest BCUT2D eigenvalue weighted by Gasteiger charge is 2.49. The molecule has 0 saturated heterocycles. The first-order valence-electron chi connectivity index (χ1n) is 23.5.